The Morgan fingerprint density at radius 1 is 0.905 bits per heavy atom. The van der Waals surface area contributed by atoms with Crippen molar-refractivity contribution in [3.8, 4) is 11.8 Å². The highest BCUT2D eigenvalue weighted by molar-refractivity contribution is 5.39. The number of aryl methyl sites for hydroxylation is 1. The van der Waals surface area contributed by atoms with Crippen molar-refractivity contribution in [2.45, 2.75) is 26.8 Å². The molecule has 0 fully saturated rings. The Morgan fingerprint density at radius 3 is 2.10 bits per heavy atom. The van der Waals surface area contributed by atoms with E-state index in [1.54, 1.807) is 0 Å². The van der Waals surface area contributed by atoms with Gasteiger partial charge in [-0.2, -0.15) is 0 Å². The van der Waals surface area contributed by atoms with Crippen LogP contribution in [-0.4, -0.2) is 18.0 Å². The first-order valence-corrected chi connectivity index (χ1v) is 7.61. The van der Waals surface area contributed by atoms with E-state index in [1.807, 2.05) is 0 Å². The molecule has 0 bridgehead atoms. The van der Waals surface area contributed by atoms with Crippen molar-refractivity contribution in [1.82, 2.24) is 4.90 Å². The molecule has 0 aliphatic carbocycles. The minimum absolute atomic E-state index is 0.155. The molecule has 0 spiro atoms. The first-order chi connectivity index (χ1) is 10.2. The second-order valence-corrected chi connectivity index (χ2v) is 5.17. The molecule has 0 aliphatic rings. The van der Waals surface area contributed by atoms with Crippen LogP contribution in [-0.2, 0) is 0 Å². The first-order valence-electron chi connectivity index (χ1n) is 7.61. The maximum atomic E-state index is 3.45. The molecule has 0 heterocycles. The van der Waals surface area contributed by atoms with Crippen LogP contribution in [0, 0.1) is 18.8 Å². The highest BCUT2D eigenvalue weighted by Gasteiger charge is 2.14. The number of benzene rings is 2. The molecule has 0 saturated carbocycles. The second kappa shape index (κ2) is 7.67. The van der Waals surface area contributed by atoms with Gasteiger partial charge in [-0.15, -0.1) is 0 Å². The highest BCUT2D eigenvalue weighted by atomic mass is 15.1. The monoisotopic (exact) mass is 277 g/mol. The summed E-state index contributed by atoms with van der Waals surface area (Å²) in [5.41, 5.74) is 3.61. The van der Waals surface area contributed by atoms with Gasteiger partial charge in [0.15, 0.2) is 0 Å². The minimum atomic E-state index is 0.155. The fourth-order valence-electron chi connectivity index (χ4n) is 2.40. The van der Waals surface area contributed by atoms with Gasteiger partial charge in [0.05, 0.1) is 6.04 Å². The second-order valence-electron chi connectivity index (χ2n) is 5.17. The summed E-state index contributed by atoms with van der Waals surface area (Å²) >= 11 is 0. The van der Waals surface area contributed by atoms with Crippen LogP contribution in [0.25, 0.3) is 0 Å². The van der Waals surface area contributed by atoms with Gasteiger partial charge in [-0.05, 0) is 37.7 Å². The van der Waals surface area contributed by atoms with E-state index >= 15 is 0 Å². The van der Waals surface area contributed by atoms with Gasteiger partial charge in [-0.25, -0.2) is 0 Å². The SMILES string of the molecule is CCN(CC)C(C#Cc1ccc(C)cc1)c1ccccc1. The summed E-state index contributed by atoms with van der Waals surface area (Å²) in [6, 6.07) is 19.1. The van der Waals surface area contributed by atoms with E-state index in [-0.39, 0.29) is 6.04 Å². The highest BCUT2D eigenvalue weighted by Crippen LogP contribution is 2.19. The fourth-order valence-corrected chi connectivity index (χ4v) is 2.40. The van der Waals surface area contributed by atoms with E-state index < -0.39 is 0 Å². The largest absolute Gasteiger partial charge is 0.287 e. The first kappa shape index (κ1) is 15.4. The number of hydrogen-bond donors (Lipinski definition) is 0. The molecular weight excluding hydrogens is 254 g/mol. The summed E-state index contributed by atoms with van der Waals surface area (Å²) in [6.45, 7) is 8.47. The van der Waals surface area contributed by atoms with E-state index in [1.165, 1.54) is 11.1 Å². The molecular formula is C20H23N. The summed E-state index contributed by atoms with van der Waals surface area (Å²) in [5, 5.41) is 0. The van der Waals surface area contributed by atoms with Crippen LogP contribution in [0.3, 0.4) is 0 Å². The number of rotatable bonds is 4. The van der Waals surface area contributed by atoms with Crippen molar-refractivity contribution in [3.05, 3.63) is 71.3 Å². The summed E-state index contributed by atoms with van der Waals surface area (Å²) in [7, 11) is 0. The normalized spacial score (nSPS) is 11.8. The average molecular weight is 277 g/mol. The van der Waals surface area contributed by atoms with Crippen molar-refractivity contribution in [1.29, 1.82) is 0 Å². The molecule has 0 aromatic heterocycles. The molecule has 2 aromatic rings. The summed E-state index contributed by atoms with van der Waals surface area (Å²) < 4.78 is 0. The molecule has 0 radical (unpaired) electrons. The average Bonchev–Trinajstić information content (AvgIpc) is 2.54. The van der Waals surface area contributed by atoms with Crippen LogP contribution in [0.2, 0.25) is 0 Å². The van der Waals surface area contributed by atoms with Gasteiger partial charge in [-0.3, -0.25) is 4.90 Å². The van der Waals surface area contributed by atoms with Gasteiger partial charge in [-0.1, -0.05) is 73.7 Å². The Balaban J connectivity index is 2.31. The molecule has 0 N–H and O–H groups in total. The van der Waals surface area contributed by atoms with Crippen molar-refractivity contribution in [3.63, 3.8) is 0 Å². The van der Waals surface area contributed by atoms with Crippen molar-refractivity contribution >= 4 is 0 Å². The van der Waals surface area contributed by atoms with Crippen LogP contribution < -0.4 is 0 Å². The van der Waals surface area contributed by atoms with Crippen LogP contribution in [0.4, 0.5) is 0 Å². The lowest BCUT2D eigenvalue weighted by Crippen LogP contribution is -2.27. The fraction of sp³-hybridized carbons (Fsp3) is 0.300. The van der Waals surface area contributed by atoms with E-state index in [0.717, 1.165) is 18.7 Å². The van der Waals surface area contributed by atoms with E-state index in [4.69, 9.17) is 0 Å². The summed E-state index contributed by atoms with van der Waals surface area (Å²) in [6.07, 6.45) is 0. The Morgan fingerprint density at radius 2 is 1.52 bits per heavy atom. The molecule has 21 heavy (non-hydrogen) atoms. The molecule has 0 saturated heterocycles. The molecule has 1 heteroatoms. The Kier molecular flexibility index (Phi) is 5.60. The lowest BCUT2D eigenvalue weighted by Gasteiger charge is -2.25. The molecule has 1 unspecified atom stereocenters. The van der Waals surface area contributed by atoms with Crippen LogP contribution in [0.5, 0.6) is 0 Å². The van der Waals surface area contributed by atoms with Crippen molar-refractivity contribution < 1.29 is 0 Å². The van der Waals surface area contributed by atoms with Crippen molar-refractivity contribution in [2.75, 3.05) is 13.1 Å². The van der Waals surface area contributed by atoms with E-state index in [0.29, 0.717) is 0 Å². The molecule has 1 atom stereocenters. The third-order valence-corrected chi connectivity index (χ3v) is 3.70. The lowest BCUT2D eigenvalue weighted by molar-refractivity contribution is 0.264. The third kappa shape index (κ3) is 4.21. The molecule has 0 amide bonds. The predicted octanol–water partition coefficient (Wildman–Crippen LogP) is 4.43. The van der Waals surface area contributed by atoms with Crippen LogP contribution in [0.1, 0.15) is 36.6 Å². The van der Waals surface area contributed by atoms with Crippen molar-refractivity contribution in [2.24, 2.45) is 0 Å². The van der Waals surface area contributed by atoms with Gasteiger partial charge < -0.3 is 0 Å². The third-order valence-electron chi connectivity index (χ3n) is 3.70. The summed E-state index contributed by atoms with van der Waals surface area (Å²) in [4.78, 5) is 2.39. The zero-order valence-corrected chi connectivity index (χ0v) is 13.1. The maximum Gasteiger partial charge on any atom is 0.0974 e. The summed E-state index contributed by atoms with van der Waals surface area (Å²) in [5.74, 6) is 6.78. The Hall–Kier alpha value is -2.04. The molecule has 2 rings (SSSR count). The van der Waals surface area contributed by atoms with Gasteiger partial charge in [0.2, 0.25) is 0 Å². The van der Waals surface area contributed by atoms with E-state index in [9.17, 15) is 0 Å². The number of hydrogen-bond acceptors (Lipinski definition) is 1. The van der Waals surface area contributed by atoms with Gasteiger partial charge in [0.1, 0.15) is 0 Å². The molecule has 2 aromatic carbocycles. The predicted molar refractivity (Wildman–Crippen MR) is 90.2 cm³/mol. The zero-order valence-electron chi connectivity index (χ0n) is 13.1. The van der Waals surface area contributed by atoms with Gasteiger partial charge in [0.25, 0.3) is 0 Å². The molecule has 1 nitrogen and oxygen atoms in total. The standard InChI is InChI=1S/C20H23N/c1-4-21(5-2)20(19-9-7-6-8-10-19)16-15-18-13-11-17(3)12-14-18/h6-14,20H,4-5H2,1-3H3. The van der Waals surface area contributed by atoms with Crippen LogP contribution >= 0.6 is 0 Å². The maximum absolute atomic E-state index is 3.45. The number of nitrogens with zero attached hydrogens (tertiary/aromatic N) is 1. The van der Waals surface area contributed by atoms with Gasteiger partial charge in [0, 0.05) is 5.56 Å². The molecule has 0 aliphatic heterocycles. The minimum Gasteiger partial charge on any atom is -0.287 e. The Bertz CT molecular complexity index is 598. The van der Waals surface area contributed by atoms with Gasteiger partial charge >= 0.3 is 0 Å². The quantitative estimate of drug-likeness (QED) is 0.747. The lowest BCUT2D eigenvalue weighted by atomic mass is 10.0. The Labute approximate surface area is 128 Å². The zero-order chi connectivity index (χ0) is 15.1. The molecule has 108 valence electrons. The van der Waals surface area contributed by atoms with Crippen LogP contribution in [0.15, 0.2) is 54.6 Å². The van der Waals surface area contributed by atoms with E-state index in [2.05, 4.69) is 92.1 Å². The topological polar surface area (TPSA) is 3.24 Å². The smallest absolute Gasteiger partial charge is 0.0974 e.